The van der Waals surface area contributed by atoms with Gasteiger partial charge in [-0.2, -0.15) is 5.26 Å². The summed E-state index contributed by atoms with van der Waals surface area (Å²) in [5.41, 5.74) is 4.05. The van der Waals surface area contributed by atoms with Crippen molar-refractivity contribution in [3.05, 3.63) is 48.5 Å². The van der Waals surface area contributed by atoms with Crippen LogP contribution < -0.4 is 10.2 Å². The largest absolute Gasteiger partial charge is 0.377 e. The lowest BCUT2D eigenvalue weighted by Gasteiger charge is -2.17. The summed E-state index contributed by atoms with van der Waals surface area (Å²) >= 11 is 0. The molecule has 0 heterocycles. The van der Waals surface area contributed by atoms with Crippen LogP contribution in [0.15, 0.2) is 48.5 Å². The van der Waals surface area contributed by atoms with Crippen molar-refractivity contribution in [1.82, 2.24) is 0 Å². The summed E-state index contributed by atoms with van der Waals surface area (Å²) < 4.78 is 0. The lowest BCUT2D eigenvalue weighted by Crippen LogP contribution is -2.10. The summed E-state index contributed by atoms with van der Waals surface area (Å²) in [6.07, 6.45) is -0.134. The minimum Gasteiger partial charge on any atom is -0.377 e. The van der Waals surface area contributed by atoms with Crippen LogP contribution in [-0.2, 0) is 4.79 Å². The molecule has 0 unspecified atom stereocenters. The third-order valence-electron chi connectivity index (χ3n) is 3.11. The molecule has 0 radical (unpaired) electrons. The van der Waals surface area contributed by atoms with E-state index in [-0.39, 0.29) is 12.3 Å². The van der Waals surface area contributed by atoms with E-state index in [9.17, 15) is 4.79 Å². The average Bonchev–Trinajstić information content (AvgIpc) is 2.48. The van der Waals surface area contributed by atoms with Crippen molar-refractivity contribution in [3.8, 4) is 17.2 Å². The van der Waals surface area contributed by atoms with E-state index < -0.39 is 0 Å². The molecule has 0 aliphatic carbocycles. The van der Waals surface area contributed by atoms with Crippen LogP contribution in [-0.4, -0.2) is 20.0 Å². The maximum atomic E-state index is 11.4. The number of carbonyl (C=O) groups excluding carboxylic acids is 1. The van der Waals surface area contributed by atoms with Crippen LogP contribution in [0, 0.1) is 11.3 Å². The number of para-hydroxylation sites is 1. The summed E-state index contributed by atoms with van der Waals surface area (Å²) in [5, 5.41) is 11.2. The van der Waals surface area contributed by atoms with Crippen molar-refractivity contribution >= 4 is 17.3 Å². The summed E-state index contributed by atoms with van der Waals surface area (Å²) in [6.45, 7) is 0. The first-order chi connectivity index (χ1) is 10.1. The fraction of sp³-hybridized carbons (Fsp3) is 0.176. The zero-order chi connectivity index (χ0) is 15.2. The number of rotatable bonds is 4. The Bertz CT molecular complexity index is 669. The molecule has 2 aromatic rings. The standard InChI is InChI=1S/C17H17N3O/c1-20(2)16-6-4-3-5-15(16)13-7-9-14(10-8-13)19-17(21)11-12-18/h3-10H,11H2,1-2H3,(H,19,21). The fourth-order valence-electron chi connectivity index (χ4n) is 2.12. The highest BCUT2D eigenvalue weighted by Crippen LogP contribution is 2.30. The first-order valence-corrected chi connectivity index (χ1v) is 6.65. The highest BCUT2D eigenvalue weighted by Gasteiger charge is 2.07. The van der Waals surface area contributed by atoms with Crippen molar-refractivity contribution < 1.29 is 4.79 Å². The van der Waals surface area contributed by atoms with Gasteiger partial charge in [0, 0.05) is 31.0 Å². The molecule has 0 aliphatic heterocycles. The summed E-state index contributed by atoms with van der Waals surface area (Å²) in [5.74, 6) is -0.293. The van der Waals surface area contributed by atoms with Crippen LogP contribution in [0.2, 0.25) is 0 Å². The van der Waals surface area contributed by atoms with Crippen LogP contribution in [0.5, 0.6) is 0 Å². The molecule has 2 aromatic carbocycles. The van der Waals surface area contributed by atoms with E-state index in [2.05, 4.69) is 22.3 Å². The number of hydrogen-bond acceptors (Lipinski definition) is 3. The Morgan fingerprint density at radius 2 is 1.81 bits per heavy atom. The molecule has 0 fully saturated rings. The van der Waals surface area contributed by atoms with E-state index in [1.165, 1.54) is 0 Å². The van der Waals surface area contributed by atoms with Gasteiger partial charge >= 0.3 is 0 Å². The number of nitrogens with zero attached hydrogens (tertiary/aromatic N) is 2. The fourth-order valence-corrected chi connectivity index (χ4v) is 2.12. The highest BCUT2D eigenvalue weighted by atomic mass is 16.1. The van der Waals surface area contributed by atoms with Crippen LogP contribution >= 0.6 is 0 Å². The Morgan fingerprint density at radius 3 is 2.43 bits per heavy atom. The van der Waals surface area contributed by atoms with Gasteiger partial charge in [0.15, 0.2) is 0 Å². The third-order valence-corrected chi connectivity index (χ3v) is 3.11. The van der Waals surface area contributed by atoms with E-state index in [4.69, 9.17) is 5.26 Å². The van der Waals surface area contributed by atoms with Crippen LogP contribution in [0.1, 0.15) is 6.42 Å². The van der Waals surface area contributed by atoms with E-state index in [0.29, 0.717) is 5.69 Å². The predicted molar refractivity (Wildman–Crippen MR) is 85.1 cm³/mol. The molecule has 0 bridgehead atoms. The smallest absolute Gasteiger partial charge is 0.238 e. The van der Waals surface area contributed by atoms with Crippen molar-refractivity contribution in [3.63, 3.8) is 0 Å². The van der Waals surface area contributed by atoms with Crippen LogP contribution in [0.3, 0.4) is 0 Å². The molecule has 0 saturated heterocycles. The molecule has 2 rings (SSSR count). The lowest BCUT2D eigenvalue weighted by atomic mass is 10.0. The number of amides is 1. The molecular formula is C17H17N3O. The Morgan fingerprint density at radius 1 is 1.14 bits per heavy atom. The molecule has 0 aromatic heterocycles. The number of benzene rings is 2. The summed E-state index contributed by atoms with van der Waals surface area (Å²) in [6, 6.07) is 17.6. The van der Waals surface area contributed by atoms with Crippen LogP contribution in [0.4, 0.5) is 11.4 Å². The van der Waals surface area contributed by atoms with Gasteiger partial charge in [-0.3, -0.25) is 4.79 Å². The zero-order valence-electron chi connectivity index (χ0n) is 12.1. The second-order valence-corrected chi connectivity index (χ2v) is 4.87. The molecule has 4 nitrogen and oxygen atoms in total. The van der Waals surface area contributed by atoms with Crippen molar-refractivity contribution in [1.29, 1.82) is 5.26 Å². The highest BCUT2D eigenvalue weighted by molar-refractivity contribution is 5.92. The van der Waals surface area contributed by atoms with Gasteiger partial charge in [0.1, 0.15) is 6.42 Å². The maximum absolute atomic E-state index is 11.4. The summed E-state index contributed by atoms with van der Waals surface area (Å²) in [7, 11) is 4.02. The minimum absolute atomic E-state index is 0.134. The molecule has 1 amide bonds. The topological polar surface area (TPSA) is 56.1 Å². The number of anilines is 2. The van der Waals surface area contributed by atoms with Gasteiger partial charge < -0.3 is 10.2 Å². The predicted octanol–water partition coefficient (Wildman–Crippen LogP) is 3.27. The first kappa shape index (κ1) is 14.6. The average molecular weight is 279 g/mol. The van der Waals surface area contributed by atoms with E-state index >= 15 is 0 Å². The van der Waals surface area contributed by atoms with Crippen LogP contribution in [0.25, 0.3) is 11.1 Å². The van der Waals surface area contributed by atoms with Crippen molar-refractivity contribution in [2.75, 3.05) is 24.3 Å². The molecule has 0 atom stereocenters. The van der Waals surface area contributed by atoms with Gasteiger partial charge in [-0.25, -0.2) is 0 Å². The third kappa shape index (κ3) is 3.61. The van der Waals surface area contributed by atoms with Gasteiger partial charge in [0.2, 0.25) is 5.91 Å². The molecule has 4 heteroatoms. The Kier molecular flexibility index (Phi) is 4.57. The second kappa shape index (κ2) is 6.58. The summed E-state index contributed by atoms with van der Waals surface area (Å²) in [4.78, 5) is 13.4. The monoisotopic (exact) mass is 279 g/mol. The molecular weight excluding hydrogens is 262 g/mol. The minimum atomic E-state index is -0.293. The molecule has 106 valence electrons. The Hall–Kier alpha value is -2.80. The molecule has 0 aliphatic rings. The quantitative estimate of drug-likeness (QED) is 0.934. The number of hydrogen-bond donors (Lipinski definition) is 1. The van der Waals surface area contributed by atoms with Gasteiger partial charge in [-0.05, 0) is 23.8 Å². The first-order valence-electron chi connectivity index (χ1n) is 6.65. The van der Waals surface area contributed by atoms with Gasteiger partial charge in [-0.1, -0.05) is 30.3 Å². The van der Waals surface area contributed by atoms with Crippen molar-refractivity contribution in [2.45, 2.75) is 6.42 Å². The number of nitriles is 1. The second-order valence-electron chi connectivity index (χ2n) is 4.87. The van der Waals surface area contributed by atoms with E-state index in [1.807, 2.05) is 56.6 Å². The molecule has 21 heavy (non-hydrogen) atoms. The van der Waals surface area contributed by atoms with E-state index in [0.717, 1.165) is 16.8 Å². The number of carbonyl (C=O) groups is 1. The normalized spacial score (nSPS) is 9.76. The van der Waals surface area contributed by atoms with Gasteiger partial charge in [0.25, 0.3) is 0 Å². The van der Waals surface area contributed by atoms with Gasteiger partial charge in [-0.15, -0.1) is 0 Å². The maximum Gasteiger partial charge on any atom is 0.238 e. The molecule has 0 saturated carbocycles. The van der Waals surface area contributed by atoms with E-state index in [1.54, 1.807) is 0 Å². The Balaban J connectivity index is 2.24. The zero-order valence-corrected chi connectivity index (χ0v) is 12.1. The van der Waals surface area contributed by atoms with Crippen molar-refractivity contribution in [2.24, 2.45) is 0 Å². The van der Waals surface area contributed by atoms with Gasteiger partial charge in [0.05, 0.1) is 6.07 Å². The Labute approximate surface area is 124 Å². The lowest BCUT2D eigenvalue weighted by molar-refractivity contribution is -0.115. The SMILES string of the molecule is CN(C)c1ccccc1-c1ccc(NC(=O)CC#N)cc1. The molecule has 1 N–H and O–H groups in total. The molecule has 0 spiro atoms. The number of nitrogens with one attached hydrogen (secondary N) is 1.